The van der Waals surface area contributed by atoms with E-state index in [0.29, 0.717) is 24.5 Å². The fourth-order valence-electron chi connectivity index (χ4n) is 2.96. The second-order valence-corrected chi connectivity index (χ2v) is 5.76. The van der Waals surface area contributed by atoms with Crippen LogP contribution in [0.25, 0.3) is 6.08 Å². The molecule has 0 radical (unpaired) electrons. The van der Waals surface area contributed by atoms with Crippen LogP contribution in [0.5, 0.6) is 11.5 Å². The van der Waals surface area contributed by atoms with E-state index in [1.165, 1.54) is 11.1 Å². The van der Waals surface area contributed by atoms with Crippen LogP contribution in [0.15, 0.2) is 48.5 Å². The number of nitrogens with one attached hydrogen (secondary N) is 1. The van der Waals surface area contributed by atoms with Crippen molar-refractivity contribution in [1.82, 2.24) is 5.32 Å². The Bertz CT molecular complexity index is 767. The molecule has 3 rings (SSSR count). The van der Waals surface area contributed by atoms with Gasteiger partial charge in [-0.2, -0.15) is 0 Å². The Morgan fingerprint density at radius 2 is 1.88 bits per heavy atom. The Hall–Kier alpha value is -2.75. The van der Waals surface area contributed by atoms with Gasteiger partial charge in [0.15, 0.2) is 11.5 Å². The largest absolute Gasteiger partial charge is 0.493 e. The summed E-state index contributed by atoms with van der Waals surface area (Å²) >= 11 is 0. The third-order valence-electron chi connectivity index (χ3n) is 4.24. The minimum Gasteiger partial charge on any atom is -0.493 e. The quantitative estimate of drug-likeness (QED) is 0.888. The summed E-state index contributed by atoms with van der Waals surface area (Å²) in [5, 5.41) is 3.02. The molecule has 0 saturated carbocycles. The van der Waals surface area contributed by atoms with Crippen molar-refractivity contribution in [3.63, 3.8) is 0 Å². The molecule has 1 atom stereocenters. The molecule has 0 aliphatic heterocycles. The van der Waals surface area contributed by atoms with Crippen molar-refractivity contribution in [3.05, 3.63) is 65.2 Å². The number of ether oxygens (including phenoxy) is 2. The second kappa shape index (κ2) is 7.21. The molecule has 4 nitrogen and oxygen atoms in total. The normalized spacial score (nSPS) is 15.0. The first-order chi connectivity index (χ1) is 11.7. The number of benzene rings is 2. The lowest BCUT2D eigenvalue weighted by molar-refractivity contribution is -0.120. The molecule has 0 fully saturated rings. The maximum absolute atomic E-state index is 12.2. The van der Waals surface area contributed by atoms with Gasteiger partial charge in [-0.1, -0.05) is 42.5 Å². The van der Waals surface area contributed by atoms with Gasteiger partial charge in [-0.25, -0.2) is 0 Å². The van der Waals surface area contributed by atoms with Crippen molar-refractivity contribution in [2.24, 2.45) is 0 Å². The Labute approximate surface area is 142 Å². The maximum Gasteiger partial charge on any atom is 0.224 e. The first kappa shape index (κ1) is 16.1. The molecule has 0 spiro atoms. The zero-order valence-electron chi connectivity index (χ0n) is 13.9. The lowest BCUT2D eigenvalue weighted by atomic mass is 10.0. The number of carbonyl (C=O) groups excluding carboxylic acids is 1. The monoisotopic (exact) mass is 323 g/mol. The van der Waals surface area contributed by atoms with Crippen molar-refractivity contribution in [1.29, 1.82) is 0 Å². The highest BCUT2D eigenvalue weighted by Crippen LogP contribution is 2.29. The van der Waals surface area contributed by atoms with Crippen LogP contribution in [0, 0.1) is 0 Å². The smallest absolute Gasteiger partial charge is 0.224 e. The maximum atomic E-state index is 12.2. The van der Waals surface area contributed by atoms with Gasteiger partial charge in [0.1, 0.15) is 0 Å². The van der Waals surface area contributed by atoms with Crippen molar-refractivity contribution in [2.75, 3.05) is 20.8 Å². The molecule has 0 heterocycles. The number of methoxy groups -OCH3 is 2. The van der Waals surface area contributed by atoms with Crippen molar-refractivity contribution < 1.29 is 14.3 Å². The average Bonchev–Trinajstić information content (AvgIpc) is 3.03. The molecule has 0 saturated heterocycles. The lowest BCUT2D eigenvalue weighted by Crippen LogP contribution is -2.28. The highest BCUT2D eigenvalue weighted by Gasteiger charge is 2.17. The van der Waals surface area contributed by atoms with Gasteiger partial charge >= 0.3 is 0 Å². The zero-order valence-corrected chi connectivity index (χ0v) is 13.9. The minimum absolute atomic E-state index is 0.000000945. The molecule has 1 unspecified atom stereocenters. The van der Waals surface area contributed by atoms with Crippen LogP contribution in [0.4, 0.5) is 0 Å². The van der Waals surface area contributed by atoms with Gasteiger partial charge in [0.05, 0.1) is 20.6 Å². The fourth-order valence-corrected chi connectivity index (χ4v) is 2.96. The second-order valence-electron chi connectivity index (χ2n) is 5.76. The van der Waals surface area contributed by atoms with Crippen LogP contribution in [0.1, 0.15) is 22.6 Å². The summed E-state index contributed by atoms with van der Waals surface area (Å²) in [5.41, 5.74) is 3.40. The Morgan fingerprint density at radius 1 is 1.08 bits per heavy atom. The van der Waals surface area contributed by atoms with Gasteiger partial charge < -0.3 is 14.8 Å². The first-order valence-corrected chi connectivity index (χ1v) is 7.96. The molecule has 4 heteroatoms. The molecule has 1 aliphatic rings. The third-order valence-corrected chi connectivity index (χ3v) is 4.24. The van der Waals surface area contributed by atoms with Crippen LogP contribution in [0.3, 0.4) is 0 Å². The van der Waals surface area contributed by atoms with E-state index in [-0.39, 0.29) is 11.8 Å². The molecule has 0 bridgehead atoms. The van der Waals surface area contributed by atoms with Crippen molar-refractivity contribution >= 4 is 12.0 Å². The van der Waals surface area contributed by atoms with Crippen molar-refractivity contribution in [3.8, 4) is 11.5 Å². The topological polar surface area (TPSA) is 47.6 Å². The van der Waals surface area contributed by atoms with Crippen molar-refractivity contribution in [2.45, 2.75) is 12.3 Å². The number of amides is 1. The SMILES string of the molecule is COc1ccc(CC(=O)NCC2C=Cc3ccccc32)cc1OC. The third kappa shape index (κ3) is 3.43. The average molecular weight is 323 g/mol. The van der Waals surface area contributed by atoms with Gasteiger partial charge in [0.2, 0.25) is 5.91 Å². The summed E-state index contributed by atoms with van der Waals surface area (Å²) in [4.78, 5) is 12.2. The number of hydrogen-bond acceptors (Lipinski definition) is 3. The molecular weight excluding hydrogens is 302 g/mol. The van der Waals surface area contributed by atoms with Crippen LogP contribution in [-0.4, -0.2) is 26.7 Å². The van der Waals surface area contributed by atoms with E-state index >= 15 is 0 Å². The van der Waals surface area contributed by atoms with E-state index < -0.39 is 0 Å². The van der Waals surface area contributed by atoms with E-state index in [1.54, 1.807) is 14.2 Å². The predicted octanol–water partition coefficient (Wildman–Crippen LogP) is 3.17. The highest BCUT2D eigenvalue weighted by atomic mass is 16.5. The number of rotatable bonds is 6. The van der Waals surface area contributed by atoms with Gasteiger partial charge in [-0.05, 0) is 28.8 Å². The van der Waals surface area contributed by atoms with E-state index in [2.05, 4.69) is 29.6 Å². The molecule has 2 aromatic carbocycles. The number of fused-ring (bicyclic) bond motifs is 1. The fraction of sp³-hybridized carbons (Fsp3) is 0.250. The predicted molar refractivity (Wildman–Crippen MR) is 94.5 cm³/mol. The molecule has 1 N–H and O–H groups in total. The molecule has 1 aliphatic carbocycles. The zero-order chi connectivity index (χ0) is 16.9. The van der Waals surface area contributed by atoms with Gasteiger partial charge in [0.25, 0.3) is 0 Å². The summed E-state index contributed by atoms with van der Waals surface area (Å²) in [6, 6.07) is 13.8. The standard InChI is InChI=1S/C20H21NO3/c1-23-18-10-7-14(11-19(18)24-2)12-20(22)21-13-16-9-8-15-5-3-4-6-17(15)16/h3-11,16H,12-13H2,1-2H3,(H,21,22). The van der Waals surface area contributed by atoms with E-state index in [1.807, 2.05) is 30.3 Å². The van der Waals surface area contributed by atoms with Gasteiger partial charge in [-0.15, -0.1) is 0 Å². The summed E-state index contributed by atoms with van der Waals surface area (Å²) in [5.74, 6) is 1.54. The van der Waals surface area contributed by atoms with Crippen LogP contribution in [-0.2, 0) is 11.2 Å². The molecule has 24 heavy (non-hydrogen) atoms. The molecule has 1 amide bonds. The first-order valence-electron chi connectivity index (χ1n) is 7.96. The van der Waals surface area contributed by atoms with Gasteiger partial charge in [-0.3, -0.25) is 4.79 Å². The van der Waals surface area contributed by atoms with Crippen LogP contribution < -0.4 is 14.8 Å². The van der Waals surface area contributed by atoms with E-state index in [0.717, 1.165) is 5.56 Å². The Morgan fingerprint density at radius 3 is 2.67 bits per heavy atom. The number of carbonyl (C=O) groups is 1. The Kier molecular flexibility index (Phi) is 4.85. The molecule has 0 aromatic heterocycles. The molecule has 2 aromatic rings. The summed E-state index contributed by atoms with van der Waals surface area (Å²) < 4.78 is 10.5. The molecule has 124 valence electrons. The summed E-state index contributed by atoms with van der Waals surface area (Å²) in [7, 11) is 3.18. The summed E-state index contributed by atoms with van der Waals surface area (Å²) in [6.07, 6.45) is 4.57. The number of hydrogen-bond donors (Lipinski definition) is 1. The van der Waals surface area contributed by atoms with Crippen LogP contribution in [0.2, 0.25) is 0 Å². The minimum atomic E-state index is 0.000000945. The molecular formula is C20H21NO3. The van der Waals surface area contributed by atoms with E-state index in [9.17, 15) is 4.79 Å². The Balaban J connectivity index is 1.58. The van der Waals surface area contributed by atoms with E-state index in [4.69, 9.17) is 9.47 Å². The lowest BCUT2D eigenvalue weighted by Gasteiger charge is -2.13. The summed E-state index contributed by atoms with van der Waals surface area (Å²) in [6.45, 7) is 0.611. The van der Waals surface area contributed by atoms with Gasteiger partial charge in [0, 0.05) is 12.5 Å². The highest BCUT2D eigenvalue weighted by molar-refractivity contribution is 5.79. The van der Waals surface area contributed by atoms with Crippen LogP contribution >= 0.6 is 0 Å².